The first-order valence-electron chi connectivity index (χ1n) is 12.5. The van der Waals surface area contributed by atoms with Crippen molar-refractivity contribution in [1.82, 2.24) is 15.0 Å². The van der Waals surface area contributed by atoms with Gasteiger partial charge in [-0.15, -0.1) is 0 Å². The van der Waals surface area contributed by atoms with Crippen molar-refractivity contribution in [1.29, 1.82) is 0 Å². The number of nitrogens with one attached hydrogen (secondary N) is 1. The molecule has 0 saturated carbocycles. The van der Waals surface area contributed by atoms with E-state index in [0.29, 0.717) is 0 Å². The highest BCUT2D eigenvalue weighted by Gasteiger charge is 2.15. The van der Waals surface area contributed by atoms with Crippen molar-refractivity contribution in [3.63, 3.8) is 0 Å². The van der Waals surface area contributed by atoms with Crippen LogP contribution in [0, 0.1) is 0 Å². The number of methoxy groups -OCH3 is 1. The Morgan fingerprint density at radius 2 is 1.35 bits per heavy atom. The zero-order valence-electron chi connectivity index (χ0n) is 20.7. The van der Waals surface area contributed by atoms with Crippen molar-refractivity contribution in [2.45, 2.75) is 12.8 Å². The lowest BCUT2D eigenvalue weighted by Crippen LogP contribution is -2.01. The molecule has 4 nitrogen and oxygen atoms in total. The number of aromatic nitrogens is 3. The lowest BCUT2D eigenvalue weighted by Gasteiger charge is -2.15. The molecule has 0 unspecified atom stereocenters. The standard InChI is InChI=1S/C33H27N3O/c1-37-32-26(15-9-17-30(32)31-22-35-33(36-31)23-10-3-2-4-11-23)18-24-12-5-6-13-25(24)19-28-21-34-20-27-14-7-8-16-29(27)28/h2-17,20-22H,18-19H2,1H3,(H,35,36). The predicted molar refractivity (Wildman–Crippen MR) is 150 cm³/mol. The van der Waals surface area contributed by atoms with Gasteiger partial charge in [-0.3, -0.25) is 4.98 Å². The minimum absolute atomic E-state index is 0.769. The summed E-state index contributed by atoms with van der Waals surface area (Å²) in [5.41, 5.74) is 7.94. The van der Waals surface area contributed by atoms with Gasteiger partial charge >= 0.3 is 0 Å². The summed E-state index contributed by atoms with van der Waals surface area (Å²) in [7, 11) is 1.74. The zero-order chi connectivity index (χ0) is 25.0. The van der Waals surface area contributed by atoms with E-state index in [1.165, 1.54) is 27.5 Å². The average molecular weight is 482 g/mol. The van der Waals surface area contributed by atoms with Gasteiger partial charge in [0.25, 0.3) is 0 Å². The molecule has 180 valence electrons. The summed E-state index contributed by atoms with van der Waals surface area (Å²) in [6, 6.07) is 33.6. The van der Waals surface area contributed by atoms with Crippen LogP contribution >= 0.6 is 0 Å². The van der Waals surface area contributed by atoms with Crippen molar-refractivity contribution in [2.75, 3.05) is 7.11 Å². The third-order valence-corrected chi connectivity index (χ3v) is 6.84. The number of fused-ring (bicyclic) bond motifs is 1. The molecule has 0 aliphatic carbocycles. The van der Waals surface area contributed by atoms with Crippen molar-refractivity contribution in [3.8, 4) is 28.4 Å². The summed E-state index contributed by atoms with van der Waals surface area (Å²) in [6.07, 6.45) is 7.40. The summed E-state index contributed by atoms with van der Waals surface area (Å²) < 4.78 is 5.98. The molecule has 6 rings (SSSR count). The number of para-hydroxylation sites is 1. The van der Waals surface area contributed by atoms with E-state index in [2.05, 4.69) is 93.8 Å². The van der Waals surface area contributed by atoms with E-state index in [-0.39, 0.29) is 0 Å². The molecule has 0 radical (unpaired) electrons. The summed E-state index contributed by atoms with van der Waals surface area (Å²) in [4.78, 5) is 12.6. The minimum atomic E-state index is 0.769. The smallest absolute Gasteiger partial charge is 0.137 e. The molecule has 0 bridgehead atoms. The van der Waals surface area contributed by atoms with E-state index in [4.69, 9.17) is 4.74 Å². The minimum Gasteiger partial charge on any atom is -0.496 e. The first-order valence-corrected chi connectivity index (χ1v) is 12.5. The van der Waals surface area contributed by atoms with Gasteiger partial charge in [0.1, 0.15) is 11.6 Å². The summed E-state index contributed by atoms with van der Waals surface area (Å²) in [5.74, 6) is 1.71. The van der Waals surface area contributed by atoms with Crippen LogP contribution in [0.1, 0.15) is 22.3 Å². The third kappa shape index (κ3) is 4.62. The van der Waals surface area contributed by atoms with Gasteiger partial charge in [0.2, 0.25) is 0 Å². The van der Waals surface area contributed by atoms with Crippen molar-refractivity contribution < 1.29 is 4.74 Å². The maximum Gasteiger partial charge on any atom is 0.137 e. The molecule has 2 aromatic heterocycles. The van der Waals surface area contributed by atoms with Crippen LogP contribution < -0.4 is 4.74 Å². The maximum absolute atomic E-state index is 5.98. The van der Waals surface area contributed by atoms with E-state index in [0.717, 1.165) is 46.8 Å². The molecule has 1 N–H and O–H groups in total. The number of imidazole rings is 1. The quantitative estimate of drug-likeness (QED) is 0.257. The van der Waals surface area contributed by atoms with Crippen LogP contribution in [0.3, 0.4) is 0 Å². The van der Waals surface area contributed by atoms with Gasteiger partial charge in [0.15, 0.2) is 0 Å². The van der Waals surface area contributed by atoms with Crippen LogP contribution in [0.15, 0.2) is 116 Å². The molecular weight excluding hydrogens is 454 g/mol. The summed E-state index contributed by atoms with van der Waals surface area (Å²) in [5, 5.41) is 2.42. The van der Waals surface area contributed by atoms with Gasteiger partial charge in [-0.05, 0) is 40.1 Å². The zero-order valence-corrected chi connectivity index (χ0v) is 20.7. The number of nitrogens with zero attached hydrogens (tertiary/aromatic N) is 2. The molecule has 0 atom stereocenters. The first-order chi connectivity index (χ1) is 18.3. The highest BCUT2D eigenvalue weighted by atomic mass is 16.5. The Morgan fingerprint density at radius 3 is 2.16 bits per heavy atom. The normalized spacial score (nSPS) is 11.1. The average Bonchev–Trinajstić information content (AvgIpc) is 3.45. The van der Waals surface area contributed by atoms with Crippen LogP contribution in [-0.4, -0.2) is 22.1 Å². The number of ether oxygens (including phenoxy) is 1. The highest BCUT2D eigenvalue weighted by Crippen LogP contribution is 2.35. The van der Waals surface area contributed by atoms with Gasteiger partial charge in [-0.1, -0.05) is 91.0 Å². The molecule has 0 saturated heterocycles. The number of hydrogen-bond donors (Lipinski definition) is 1. The number of aromatic amines is 1. The second kappa shape index (κ2) is 10.1. The van der Waals surface area contributed by atoms with E-state index in [1.54, 1.807) is 7.11 Å². The number of pyridine rings is 1. The van der Waals surface area contributed by atoms with Crippen molar-refractivity contribution >= 4 is 10.8 Å². The van der Waals surface area contributed by atoms with Crippen LogP contribution in [0.5, 0.6) is 5.75 Å². The van der Waals surface area contributed by atoms with Gasteiger partial charge in [0, 0.05) is 35.3 Å². The van der Waals surface area contributed by atoms with Crippen molar-refractivity contribution in [2.24, 2.45) is 0 Å². The predicted octanol–water partition coefficient (Wildman–Crippen LogP) is 7.48. The van der Waals surface area contributed by atoms with E-state index in [1.807, 2.05) is 36.8 Å². The van der Waals surface area contributed by atoms with Crippen molar-refractivity contribution in [3.05, 3.63) is 138 Å². The molecule has 0 aliphatic rings. The van der Waals surface area contributed by atoms with E-state index >= 15 is 0 Å². The second-order valence-corrected chi connectivity index (χ2v) is 9.15. The molecule has 4 aromatic carbocycles. The largest absolute Gasteiger partial charge is 0.496 e. The number of hydrogen-bond acceptors (Lipinski definition) is 3. The molecule has 0 fully saturated rings. The Balaban J connectivity index is 1.34. The fraction of sp³-hybridized carbons (Fsp3) is 0.0909. The summed E-state index contributed by atoms with van der Waals surface area (Å²) in [6.45, 7) is 0. The molecule has 0 spiro atoms. The van der Waals surface area contributed by atoms with Crippen LogP contribution in [-0.2, 0) is 12.8 Å². The van der Waals surface area contributed by atoms with Crippen LogP contribution in [0.2, 0.25) is 0 Å². The molecule has 6 aromatic rings. The Bertz CT molecular complexity index is 1670. The molecular formula is C33H27N3O. The molecule has 0 aliphatic heterocycles. The Hall–Kier alpha value is -4.70. The Morgan fingerprint density at radius 1 is 0.649 bits per heavy atom. The topological polar surface area (TPSA) is 50.8 Å². The maximum atomic E-state index is 5.98. The summed E-state index contributed by atoms with van der Waals surface area (Å²) >= 11 is 0. The number of benzene rings is 4. The molecule has 4 heteroatoms. The number of rotatable bonds is 7. The lowest BCUT2D eigenvalue weighted by molar-refractivity contribution is 0.412. The molecule has 37 heavy (non-hydrogen) atoms. The Kier molecular flexibility index (Phi) is 6.22. The monoisotopic (exact) mass is 481 g/mol. The fourth-order valence-corrected chi connectivity index (χ4v) is 5.01. The van der Waals surface area contributed by atoms with E-state index < -0.39 is 0 Å². The van der Waals surface area contributed by atoms with Gasteiger partial charge in [-0.25, -0.2) is 4.98 Å². The lowest BCUT2D eigenvalue weighted by atomic mass is 9.93. The SMILES string of the molecule is COc1c(Cc2ccccc2Cc2cncc3ccccc23)cccc1-c1cnc(-c2ccccc2)[nH]1. The molecule has 0 amide bonds. The molecule has 2 heterocycles. The first kappa shape index (κ1) is 22.7. The van der Waals surface area contributed by atoms with Crippen LogP contribution in [0.4, 0.5) is 0 Å². The Labute approximate surface area is 216 Å². The third-order valence-electron chi connectivity index (χ3n) is 6.84. The number of H-pyrrole nitrogens is 1. The van der Waals surface area contributed by atoms with E-state index in [9.17, 15) is 0 Å². The fourth-order valence-electron chi connectivity index (χ4n) is 5.01. The van der Waals surface area contributed by atoms with Gasteiger partial charge in [-0.2, -0.15) is 0 Å². The second-order valence-electron chi connectivity index (χ2n) is 9.15. The van der Waals surface area contributed by atoms with Gasteiger partial charge in [0.05, 0.1) is 19.0 Å². The van der Waals surface area contributed by atoms with Gasteiger partial charge < -0.3 is 9.72 Å². The van der Waals surface area contributed by atoms with Crippen LogP contribution in [0.25, 0.3) is 33.4 Å². The highest BCUT2D eigenvalue weighted by molar-refractivity contribution is 5.85.